The second-order valence-corrected chi connectivity index (χ2v) is 7.25. The van der Waals surface area contributed by atoms with Crippen LogP contribution in [0.1, 0.15) is 11.3 Å². The summed E-state index contributed by atoms with van der Waals surface area (Å²) in [6.07, 6.45) is 4.08. The summed E-state index contributed by atoms with van der Waals surface area (Å²) in [5.74, 6) is -0.835. The Kier molecular flexibility index (Phi) is 7.11. The molecule has 28 heavy (non-hydrogen) atoms. The van der Waals surface area contributed by atoms with Crippen molar-refractivity contribution in [3.8, 4) is 10.6 Å². The van der Waals surface area contributed by atoms with E-state index in [1.54, 1.807) is 23.8 Å². The highest BCUT2D eigenvalue weighted by atomic mass is 35.5. The maximum Gasteiger partial charge on any atom is 0.312 e. The van der Waals surface area contributed by atoms with E-state index >= 15 is 0 Å². The molecular weight excluding hydrogens is 398 g/mol. The van der Waals surface area contributed by atoms with Crippen molar-refractivity contribution in [2.45, 2.75) is 12.8 Å². The number of carbonyl (C=O) groups is 2. The Morgan fingerprint density at radius 3 is 2.89 bits per heavy atom. The van der Waals surface area contributed by atoms with Gasteiger partial charge in [-0.25, -0.2) is 4.98 Å². The Morgan fingerprint density at radius 2 is 2.11 bits per heavy atom. The predicted octanol–water partition coefficient (Wildman–Crippen LogP) is 3.30. The van der Waals surface area contributed by atoms with E-state index in [9.17, 15) is 9.59 Å². The van der Waals surface area contributed by atoms with Crippen LogP contribution in [0, 0.1) is 0 Å². The number of hydrogen-bond acceptors (Lipinski definition) is 6. The molecule has 0 aliphatic carbocycles. The zero-order valence-corrected chi connectivity index (χ0v) is 16.5. The van der Waals surface area contributed by atoms with Crippen LogP contribution in [-0.4, -0.2) is 35.0 Å². The molecule has 0 atom stereocenters. The molecule has 0 saturated heterocycles. The van der Waals surface area contributed by atoms with Gasteiger partial charge in [0.15, 0.2) is 6.61 Å². The fraction of sp³-hybridized carbons (Fsp3) is 0.200. The highest BCUT2D eigenvalue weighted by molar-refractivity contribution is 7.13. The van der Waals surface area contributed by atoms with Gasteiger partial charge in [0, 0.05) is 34.9 Å². The molecule has 1 aromatic carbocycles. The van der Waals surface area contributed by atoms with E-state index in [0.717, 1.165) is 16.1 Å². The molecule has 0 unspecified atom stereocenters. The third-order valence-corrected chi connectivity index (χ3v) is 4.95. The van der Waals surface area contributed by atoms with Crippen molar-refractivity contribution >= 4 is 34.8 Å². The van der Waals surface area contributed by atoms with Gasteiger partial charge in [0.25, 0.3) is 5.91 Å². The van der Waals surface area contributed by atoms with E-state index < -0.39 is 5.97 Å². The second-order valence-electron chi connectivity index (χ2n) is 5.95. The lowest BCUT2D eigenvalue weighted by molar-refractivity contribution is -0.147. The molecule has 0 fully saturated rings. The average Bonchev–Trinajstić information content (AvgIpc) is 3.16. The van der Waals surface area contributed by atoms with E-state index in [1.165, 1.54) is 11.3 Å². The Morgan fingerprint density at radius 1 is 1.21 bits per heavy atom. The Bertz CT molecular complexity index is 947. The number of esters is 1. The summed E-state index contributed by atoms with van der Waals surface area (Å²) in [6, 6.07) is 11.2. The third kappa shape index (κ3) is 6.14. The standard InChI is InChI=1S/C20H18ClN3O3S/c21-16-5-1-3-14(9-16)6-8-23-18(25)12-27-19(26)10-17-13-28-20(24-17)15-4-2-7-22-11-15/h1-5,7,9,11,13H,6,8,10,12H2,(H,23,25). The van der Waals surface area contributed by atoms with Crippen LogP contribution < -0.4 is 5.32 Å². The van der Waals surface area contributed by atoms with Crippen molar-refractivity contribution in [1.29, 1.82) is 0 Å². The lowest BCUT2D eigenvalue weighted by atomic mass is 10.1. The number of nitrogens with one attached hydrogen (secondary N) is 1. The molecule has 0 radical (unpaired) electrons. The summed E-state index contributed by atoms with van der Waals surface area (Å²) < 4.78 is 5.02. The van der Waals surface area contributed by atoms with Gasteiger partial charge in [-0.15, -0.1) is 11.3 Å². The molecule has 2 heterocycles. The van der Waals surface area contributed by atoms with E-state index in [4.69, 9.17) is 16.3 Å². The van der Waals surface area contributed by atoms with Crippen molar-refractivity contribution < 1.29 is 14.3 Å². The van der Waals surface area contributed by atoms with Crippen LogP contribution in [0.2, 0.25) is 5.02 Å². The van der Waals surface area contributed by atoms with Crippen LogP contribution in [0.4, 0.5) is 0 Å². The molecule has 0 saturated carbocycles. The SMILES string of the molecule is O=C(COC(=O)Cc1csc(-c2cccnc2)n1)NCCc1cccc(Cl)c1. The van der Waals surface area contributed by atoms with E-state index in [2.05, 4.69) is 15.3 Å². The smallest absolute Gasteiger partial charge is 0.312 e. The quantitative estimate of drug-likeness (QED) is 0.571. The van der Waals surface area contributed by atoms with Gasteiger partial charge in [0.1, 0.15) is 5.01 Å². The Hall–Kier alpha value is -2.77. The number of benzene rings is 1. The van der Waals surface area contributed by atoms with Gasteiger partial charge in [-0.05, 0) is 36.2 Å². The minimum absolute atomic E-state index is 0.0204. The minimum atomic E-state index is -0.493. The largest absolute Gasteiger partial charge is 0.455 e. The molecule has 144 valence electrons. The number of carbonyl (C=O) groups excluding carboxylic acids is 2. The summed E-state index contributed by atoms with van der Waals surface area (Å²) in [5.41, 5.74) is 2.53. The highest BCUT2D eigenvalue weighted by Gasteiger charge is 2.12. The van der Waals surface area contributed by atoms with E-state index in [0.29, 0.717) is 23.7 Å². The van der Waals surface area contributed by atoms with Crippen molar-refractivity contribution in [2.75, 3.05) is 13.2 Å². The first-order chi connectivity index (χ1) is 13.6. The van der Waals surface area contributed by atoms with Crippen molar-refractivity contribution in [3.05, 3.63) is 70.5 Å². The Labute approximate surface area is 171 Å². The third-order valence-electron chi connectivity index (χ3n) is 3.77. The molecule has 0 bridgehead atoms. The predicted molar refractivity (Wildman–Crippen MR) is 108 cm³/mol. The van der Waals surface area contributed by atoms with Gasteiger partial charge in [-0.2, -0.15) is 0 Å². The maximum absolute atomic E-state index is 11.9. The molecule has 2 aromatic heterocycles. The highest BCUT2D eigenvalue weighted by Crippen LogP contribution is 2.22. The van der Waals surface area contributed by atoms with E-state index in [1.807, 2.05) is 30.3 Å². The van der Waals surface area contributed by atoms with Crippen molar-refractivity contribution in [2.24, 2.45) is 0 Å². The molecule has 6 nitrogen and oxygen atoms in total. The first-order valence-electron chi connectivity index (χ1n) is 8.62. The monoisotopic (exact) mass is 415 g/mol. The first kappa shape index (κ1) is 20.0. The number of nitrogens with zero attached hydrogens (tertiary/aromatic N) is 2. The van der Waals surface area contributed by atoms with Crippen molar-refractivity contribution in [3.63, 3.8) is 0 Å². The number of thiazole rings is 1. The number of rotatable bonds is 8. The summed E-state index contributed by atoms with van der Waals surface area (Å²) in [6.45, 7) is 0.130. The van der Waals surface area contributed by atoms with E-state index in [-0.39, 0.29) is 18.9 Å². The first-order valence-corrected chi connectivity index (χ1v) is 9.87. The molecule has 3 rings (SSSR count). The van der Waals surface area contributed by atoms with Crippen LogP contribution in [0.5, 0.6) is 0 Å². The number of halogens is 1. The average molecular weight is 416 g/mol. The summed E-state index contributed by atoms with van der Waals surface area (Å²) >= 11 is 7.35. The van der Waals surface area contributed by atoms with Gasteiger partial charge in [-0.3, -0.25) is 14.6 Å². The number of aromatic nitrogens is 2. The number of ether oxygens (including phenoxy) is 1. The molecule has 1 N–H and O–H groups in total. The molecule has 1 amide bonds. The number of pyridine rings is 1. The molecule has 0 spiro atoms. The van der Waals surface area contributed by atoms with Gasteiger partial charge in [0.05, 0.1) is 12.1 Å². The second kappa shape index (κ2) is 9.96. The summed E-state index contributed by atoms with van der Waals surface area (Å²) in [5, 5.41) is 5.96. The topological polar surface area (TPSA) is 81.2 Å². The number of hydrogen-bond donors (Lipinski definition) is 1. The minimum Gasteiger partial charge on any atom is -0.455 e. The van der Waals surface area contributed by atoms with Crippen LogP contribution >= 0.6 is 22.9 Å². The Balaban J connectivity index is 1.38. The van der Waals surface area contributed by atoms with Gasteiger partial charge < -0.3 is 10.1 Å². The summed E-state index contributed by atoms with van der Waals surface area (Å²) in [7, 11) is 0. The fourth-order valence-corrected chi connectivity index (χ4v) is 3.47. The lowest BCUT2D eigenvalue weighted by Gasteiger charge is -2.06. The van der Waals surface area contributed by atoms with Crippen LogP contribution in [-0.2, 0) is 27.2 Å². The number of amides is 1. The molecule has 3 aromatic rings. The zero-order chi connectivity index (χ0) is 19.8. The summed E-state index contributed by atoms with van der Waals surface area (Å²) in [4.78, 5) is 32.2. The van der Waals surface area contributed by atoms with Gasteiger partial charge in [-0.1, -0.05) is 23.7 Å². The zero-order valence-electron chi connectivity index (χ0n) is 14.9. The molecular formula is C20H18ClN3O3S. The van der Waals surface area contributed by atoms with Crippen LogP contribution in [0.15, 0.2) is 54.2 Å². The molecule has 0 aliphatic rings. The van der Waals surface area contributed by atoms with Crippen LogP contribution in [0.25, 0.3) is 10.6 Å². The van der Waals surface area contributed by atoms with Crippen LogP contribution in [0.3, 0.4) is 0 Å². The van der Waals surface area contributed by atoms with Gasteiger partial charge in [0.2, 0.25) is 0 Å². The van der Waals surface area contributed by atoms with Gasteiger partial charge >= 0.3 is 5.97 Å². The lowest BCUT2D eigenvalue weighted by Crippen LogP contribution is -2.30. The molecule has 8 heteroatoms. The molecule has 0 aliphatic heterocycles. The fourth-order valence-electron chi connectivity index (χ4n) is 2.44. The normalized spacial score (nSPS) is 10.5. The van der Waals surface area contributed by atoms with Crippen molar-refractivity contribution in [1.82, 2.24) is 15.3 Å². The maximum atomic E-state index is 11.9.